The van der Waals surface area contributed by atoms with Crippen LogP contribution in [-0.4, -0.2) is 38.3 Å². The maximum Gasteiger partial charge on any atom is 0.249 e. The number of anilines is 1. The lowest BCUT2D eigenvalue weighted by Crippen LogP contribution is -2.45. The third kappa shape index (κ3) is 5.71. The number of amides is 2. The average molecular weight is 471 g/mol. The number of rotatable bonds is 9. The summed E-state index contributed by atoms with van der Waals surface area (Å²) in [6, 6.07) is 17.8. The number of benzene rings is 2. The topological polar surface area (TPSA) is 93.0 Å². The van der Waals surface area contributed by atoms with Gasteiger partial charge in [0.2, 0.25) is 11.8 Å². The second-order valence-corrected chi connectivity index (χ2v) is 9.00. The molecule has 0 bridgehead atoms. The minimum absolute atomic E-state index is 0.0602. The normalized spacial score (nSPS) is 12.0. The molecule has 35 heavy (non-hydrogen) atoms. The molecular weight excluding hydrogens is 440 g/mol. The Balaban J connectivity index is 1.74. The van der Waals surface area contributed by atoms with Crippen molar-refractivity contribution in [3.63, 3.8) is 0 Å². The van der Waals surface area contributed by atoms with Crippen molar-refractivity contribution in [2.75, 3.05) is 11.4 Å². The summed E-state index contributed by atoms with van der Waals surface area (Å²) in [6.07, 6.45) is 4.11. The van der Waals surface area contributed by atoms with E-state index in [9.17, 15) is 9.59 Å². The fourth-order valence-electron chi connectivity index (χ4n) is 4.00. The first kappa shape index (κ1) is 24.1. The van der Waals surface area contributed by atoms with E-state index in [4.69, 9.17) is 0 Å². The fourth-order valence-corrected chi connectivity index (χ4v) is 4.00. The van der Waals surface area contributed by atoms with E-state index in [1.54, 1.807) is 34.1 Å². The van der Waals surface area contributed by atoms with Gasteiger partial charge < -0.3 is 5.32 Å². The van der Waals surface area contributed by atoms with Crippen molar-refractivity contribution in [2.45, 2.75) is 39.8 Å². The molecule has 8 nitrogen and oxygen atoms in total. The van der Waals surface area contributed by atoms with Gasteiger partial charge in [0.05, 0.1) is 5.52 Å². The number of para-hydroxylation sites is 1. The third-order valence-corrected chi connectivity index (χ3v) is 5.80. The number of pyridine rings is 1. The molecule has 0 spiro atoms. The van der Waals surface area contributed by atoms with E-state index in [1.807, 2.05) is 55.5 Å². The van der Waals surface area contributed by atoms with E-state index in [2.05, 4.69) is 34.5 Å². The Bertz CT molecular complexity index is 1300. The van der Waals surface area contributed by atoms with Crippen molar-refractivity contribution >= 4 is 28.5 Å². The zero-order valence-electron chi connectivity index (χ0n) is 20.3. The van der Waals surface area contributed by atoms with Crippen LogP contribution in [0.5, 0.6) is 0 Å². The van der Waals surface area contributed by atoms with Crippen LogP contribution in [0.3, 0.4) is 0 Å². The molecule has 0 unspecified atom stereocenters. The molecule has 0 radical (unpaired) electrons. The lowest BCUT2D eigenvalue weighted by atomic mass is 10.0. The first-order chi connectivity index (χ1) is 16.9. The quantitative estimate of drug-likeness (QED) is 0.398. The summed E-state index contributed by atoms with van der Waals surface area (Å²) in [5, 5.41) is 11.4. The molecule has 4 rings (SSSR count). The monoisotopic (exact) mass is 470 g/mol. The molecular formula is C27H30N6O2. The largest absolute Gasteiger partial charge is 0.354 e. The molecule has 0 aliphatic heterocycles. The van der Waals surface area contributed by atoms with Gasteiger partial charge in [-0.25, -0.2) is 4.68 Å². The zero-order valence-corrected chi connectivity index (χ0v) is 20.3. The summed E-state index contributed by atoms with van der Waals surface area (Å²) in [4.78, 5) is 33.2. The van der Waals surface area contributed by atoms with Crippen molar-refractivity contribution < 1.29 is 9.59 Å². The summed E-state index contributed by atoms with van der Waals surface area (Å²) in [5.74, 6) is -0.0630. The second kappa shape index (κ2) is 10.9. The Labute approximate surface area is 205 Å². The van der Waals surface area contributed by atoms with E-state index in [-0.39, 0.29) is 18.4 Å². The smallest absolute Gasteiger partial charge is 0.249 e. The fraction of sp³-hybridized carbons (Fsp3) is 0.296. The number of carbonyl (C=O) groups is 2. The molecule has 2 aromatic carbocycles. The Kier molecular flexibility index (Phi) is 7.50. The van der Waals surface area contributed by atoms with Crippen LogP contribution in [-0.2, 0) is 16.1 Å². The van der Waals surface area contributed by atoms with Gasteiger partial charge in [-0.2, -0.15) is 0 Å². The molecule has 2 heterocycles. The van der Waals surface area contributed by atoms with Gasteiger partial charge in [-0.15, -0.1) is 5.10 Å². The molecule has 1 atom stereocenters. The van der Waals surface area contributed by atoms with Crippen molar-refractivity contribution in [2.24, 2.45) is 5.92 Å². The Morgan fingerprint density at radius 2 is 1.80 bits per heavy atom. The van der Waals surface area contributed by atoms with Gasteiger partial charge in [0, 0.05) is 24.6 Å². The summed E-state index contributed by atoms with van der Waals surface area (Å²) < 4.78 is 1.57. The number of nitrogens with one attached hydrogen (secondary N) is 1. The Hall–Kier alpha value is -4.07. The van der Waals surface area contributed by atoms with Crippen molar-refractivity contribution in [1.82, 2.24) is 25.3 Å². The summed E-state index contributed by atoms with van der Waals surface area (Å²) >= 11 is 0. The molecule has 0 saturated heterocycles. The van der Waals surface area contributed by atoms with E-state index in [1.165, 1.54) is 0 Å². The molecule has 4 aromatic rings. The van der Waals surface area contributed by atoms with Crippen LogP contribution in [0, 0.1) is 12.8 Å². The lowest BCUT2D eigenvalue weighted by Gasteiger charge is -2.31. The first-order valence-electron chi connectivity index (χ1n) is 11.8. The van der Waals surface area contributed by atoms with Gasteiger partial charge >= 0.3 is 0 Å². The first-order valence-corrected chi connectivity index (χ1v) is 11.8. The number of carbonyl (C=O) groups excluding carboxylic acids is 2. The van der Waals surface area contributed by atoms with Crippen LogP contribution in [0.15, 0.2) is 73.1 Å². The number of aromatic nitrogens is 4. The highest BCUT2D eigenvalue weighted by Crippen LogP contribution is 2.29. The van der Waals surface area contributed by atoms with Crippen LogP contribution in [0.2, 0.25) is 0 Å². The van der Waals surface area contributed by atoms with Crippen molar-refractivity contribution in [1.29, 1.82) is 0 Å². The molecule has 0 aliphatic carbocycles. The van der Waals surface area contributed by atoms with Gasteiger partial charge in [-0.3, -0.25) is 19.5 Å². The SMILES string of the molecule is Cc1cccc(N(C(=O)Cn2nnc3ccccc32)[C@@H](C(=O)NCCC(C)C)c2ccncc2)c1. The molecule has 0 aliphatic rings. The van der Waals surface area contributed by atoms with E-state index in [0.717, 1.165) is 17.5 Å². The highest BCUT2D eigenvalue weighted by Gasteiger charge is 2.33. The average Bonchev–Trinajstić information content (AvgIpc) is 3.25. The summed E-state index contributed by atoms with van der Waals surface area (Å²) in [7, 11) is 0. The predicted molar refractivity (Wildman–Crippen MR) is 136 cm³/mol. The maximum absolute atomic E-state index is 13.9. The van der Waals surface area contributed by atoms with Crippen molar-refractivity contribution in [3.8, 4) is 0 Å². The second-order valence-electron chi connectivity index (χ2n) is 9.00. The van der Waals surface area contributed by atoms with Gasteiger partial charge in [-0.1, -0.05) is 43.3 Å². The Morgan fingerprint density at radius 1 is 1.03 bits per heavy atom. The minimum atomic E-state index is -0.866. The Morgan fingerprint density at radius 3 is 2.54 bits per heavy atom. The van der Waals surface area contributed by atoms with E-state index < -0.39 is 6.04 Å². The summed E-state index contributed by atoms with van der Waals surface area (Å²) in [5.41, 5.74) is 3.77. The van der Waals surface area contributed by atoms with Gasteiger partial charge in [-0.05, 0) is 66.8 Å². The highest BCUT2D eigenvalue weighted by atomic mass is 16.2. The lowest BCUT2D eigenvalue weighted by molar-refractivity contribution is -0.127. The molecule has 2 aromatic heterocycles. The van der Waals surface area contributed by atoms with E-state index in [0.29, 0.717) is 29.2 Å². The van der Waals surface area contributed by atoms with Crippen LogP contribution in [0.25, 0.3) is 11.0 Å². The molecule has 1 N–H and O–H groups in total. The van der Waals surface area contributed by atoms with Crippen molar-refractivity contribution in [3.05, 3.63) is 84.2 Å². The van der Waals surface area contributed by atoms with Gasteiger partial charge in [0.25, 0.3) is 0 Å². The maximum atomic E-state index is 13.9. The molecule has 8 heteroatoms. The molecule has 180 valence electrons. The number of nitrogens with zero attached hydrogens (tertiary/aromatic N) is 5. The predicted octanol–water partition coefficient (Wildman–Crippen LogP) is 4.07. The standard InChI is InChI=1S/C27H30N6O2/c1-19(2)11-16-29-27(35)26(21-12-14-28-15-13-21)33(22-8-6-7-20(3)17-22)25(34)18-32-24-10-5-4-9-23(24)30-31-32/h4-10,12-15,17,19,26H,11,16,18H2,1-3H3,(H,29,35)/t26-/m1/s1. The van der Waals surface area contributed by atoms with E-state index >= 15 is 0 Å². The van der Waals surface area contributed by atoms with Crippen LogP contribution >= 0.6 is 0 Å². The number of fused-ring (bicyclic) bond motifs is 1. The molecule has 2 amide bonds. The summed E-state index contributed by atoms with van der Waals surface area (Å²) in [6.45, 7) is 6.65. The highest BCUT2D eigenvalue weighted by molar-refractivity contribution is 6.01. The number of hydrogen-bond acceptors (Lipinski definition) is 5. The number of hydrogen-bond donors (Lipinski definition) is 1. The van der Waals surface area contributed by atoms with Gasteiger partial charge in [0.1, 0.15) is 18.1 Å². The van der Waals surface area contributed by atoms with Gasteiger partial charge in [0.15, 0.2) is 0 Å². The van der Waals surface area contributed by atoms with Crippen LogP contribution in [0.4, 0.5) is 5.69 Å². The minimum Gasteiger partial charge on any atom is -0.354 e. The van der Waals surface area contributed by atoms with Crippen LogP contribution < -0.4 is 10.2 Å². The van der Waals surface area contributed by atoms with Crippen LogP contribution in [0.1, 0.15) is 37.4 Å². The molecule has 0 saturated carbocycles. The third-order valence-electron chi connectivity index (χ3n) is 5.80. The number of aryl methyl sites for hydroxylation is 1. The zero-order chi connectivity index (χ0) is 24.8. The molecule has 0 fully saturated rings.